The van der Waals surface area contributed by atoms with Gasteiger partial charge in [-0.05, 0) is 12.1 Å². The van der Waals surface area contributed by atoms with Gasteiger partial charge in [-0.1, -0.05) is 12.1 Å². The second-order valence-electron chi connectivity index (χ2n) is 5.29. The summed E-state index contributed by atoms with van der Waals surface area (Å²) in [5, 5.41) is 17.7. The van der Waals surface area contributed by atoms with E-state index in [0.717, 1.165) is 15.7 Å². The molecule has 2 N–H and O–H groups in total. The van der Waals surface area contributed by atoms with Gasteiger partial charge in [0, 0.05) is 13.2 Å². The number of nitrogens with zero attached hydrogens (tertiary/aromatic N) is 2. The van der Waals surface area contributed by atoms with Gasteiger partial charge in [0.2, 0.25) is 10.9 Å². The number of likely N-dealkylation sites (N-methyl/N-ethyl adjacent to an activating group) is 1. The largest absolute Gasteiger partial charge is 1.00 e. The molecule has 0 aliphatic heterocycles. The van der Waals surface area contributed by atoms with Crippen LogP contribution in [0.25, 0.3) is 10.9 Å². The number of aromatic nitrogens is 1. The Labute approximate surface area is 200 Å². The molecule has 1 amide bonds. The van der Waals surface area contributed by atoms with Gasteiger partial charge in [-0.3, -0.25) is 24.0 Å². The van der Waals surface area contributed by atoms with E-state index in [-0.39, 0.29) is 72.9 Å². The van der Waals surface area contributed by atoms with Gasteiger partial charge in [0.25, 0.3) is 5.91 Å². The summed E-state index contributed by atoms with van der Waals surface area (Å²) in [6.45, 7) is -1.27. The maximum absolute atomic E-state index is 12.6. The molecule has 0 spiro atoms. The third kappa shape index (κ3) is 6.00. The summed E-state index contributed by atoms with van der Waals surface area (Å²) in [7, 11) is 1.20. The van der Waals surface area contributed by atoms with E-state index in [4.69, 9.17) is 10.2 Å². The van der Waals surface area contributed by atoms with Gasteiger partial charge in [-0.15, -0.1) is 0 Å². The van der Waals surface area contributed by atoms with Crippen LogP contribution in [0.2, 0.25) is 0 Å². The molecule has 11 heteroatoms. The Morgan fingerprint density at radius 1 is 1.07 bits per heavy atom. The fourth-order valence-corrected chi connectivity index (χ4v) is 2.39. The Bertz CT molecular complexity index is 1010. The molecule has 2 rings (SSSR count). The molecule has 2 aromatic rings. The van der Waals surface area contributed by atoms with E-state index in [0.29, 0.717) is 0 Å². The Kier molecular flexibility index (Phi) is 10.2. The molecule has 27 heavy (non-hydrogen) atoms. The number of aliphatic carboxylic acids is 2. The third-order valence-corrected chi connectivity index (χ3v) is 3.43. The van der Waals surface area contributed by atoms with E-state index in [1.165, 1.54) is 31.3 Å². The van der Waals surface area contributed by atoms with Gasteiger partial charge in [-0.2, -0.15) is 0 Å². The van der Waals surface area contributed by atoms with Crippen LogP contribution in [0.5, 0.6) is 0 Å². The van der Waals surface area contributed by atoms with E-state index < -0.39 is 47.4 Å². The molecular weight excluding hydrogens is 378 g/mol. The molecule has 0 radical (unpaired) electrons. The summed E-state index contributed by atoms with van der Waals surface area (Å²) in [5.74, 6) is -3.42. The summed E-state index contributed by atoms with van der Waals surface area (Å²) in [4.78, 5) is 59.8. The van der Waals surface area contributed by atoms with Crippen molar-refractivity contribution in [1.82, 2.24) is 9.47 Å². The fourth-order valence-electron chi connectivity index (χ4n) is 2.39. The molecule has 1 heterocycles. The normalized spacial score (nSPS) is 9.67. The van der Waals surface area contributed by atoms with Crippen molar-refractivity contribution in [2.24, 2.45) is 0 Å². The predicted molar refractivity (Wildman–Crippen MR) is 88.9 cm³/mol. The van der Waals surface area contributed by atoms with Gasteiger partial charge in [0.05, 0.1) is 5.39 Å². The number of amides is 1. The van der Waals surface area contributed by atoms with Crippen molar-refractivity contribution in [3.8, 4) is 0 Å². The van der Waals surface area contributed by atoms with Crippen molar-refractivity contribution in [2.75, 3.05) is 13.6 Å². The number of carboxylic acids is 2. The Hall–Kier alpha value is -1.49. The van der Waals surface area contributed by atoms with E-state index >= 15 is 0 Å². The number of fused-ring (bicyclic) bond motifs is 1. The van der Waals surface area contributed by atoms with Crippen LogP contribution in [-0.2, 0) is 16.1 Å². The van der Waals surface area contributed by atoms with Gasteiger partial charge < -0.3 is 22.5 Å². The molecule has 9 nitrogen and oxygen atoms in total. The number of pyridine rings is 1. The maximum Gasteiger partial charge on any atom is 1.00 e. The monoisotopic (exact) mass is 394 g/mol. The average molecular weight is 394 g/mol. The van der Waals surface area contributed by atoms with Crippen LogP contribution < -0.4 is 70.0 Å². The van der Waals surface area contributed by atoms with Crippen molar-refractivity contribution in [3.05, 3.63) is 56.5 Å². The smallest absolute Gasteiger partial charge is 1.00 e. The first-order chi connectivity index (χ1) is 11.7. The first-order valence-corrected chi connectivity index (χ1v) is 7.08. The number of rotatable bonds is 5. The Balaban J connectivity index is -0.00000169. The summed E-state index contributed by atoms with van der Waals surface area (Å²) in [5.41, 5.74) is -1.90. The van der Waals surface area contributed by atoms with Crippen LogP contribution >= 0.6 is 0 Å². The maximum atomic E-state index is 12.6. The third-order valence-electron chi connectivity index (χ3n) is 3.43. The van der Waals surface area contributed by atoms with Gasteiger partial charge in [0.15, 0.2) is 0 Å². The zero-order valence-corrected chi connectivity index (χ0v) is 19.1. The minimum atomic E-state index is -1.27. The van der Waals surface area contributed by atoms with Crippen LogP contribution in [0.1, 0.15) is 13.2 Å². The van der Waals surface area contributed by atoms with Crippen molar-refractivity contribution in [2.45, 2.75) is 6.54 Å². The fraction of sp³-hybridized carbons (Fsp3) is 0.188. The molecule has 0 bridgehead atoms. The minimum Gasteiger partial charge on any atom is -1.00 e. The van der Waals surface area contributed by atoms with Crippen molar-refractivity contribution < 1.29 is 86.6 Å². The molecule has 0 aliphatic rings. The average Bonchev–Trinajstić information content (AvgIpc) is 2.70. The molecule has 0 unspecified atom stereocenters. The number of hydrogen-bond donors (Lipinski definition) is 2. The molecule has 1 aromatic heterocycles. The summed E-state index contributed by atoms with van der Waals surface area (Å²) >= 11 is 0. The molecular formula is C16H16N2Na2O7. The second kappa shape index (κ2) is 10.7. The summed E-state index contributed by atoms with van der Waals surface area (Å²) in [6.07, 6.45) is 0.973. The van der Waals surface area contributed by atoms with Crippen LogP contribution in [0, 0.1) is 0 Å². The SMILES string of the molecule is CN(CC(=O)O)C(=O)c1cn(CC(=O)O)c2c(=O)ccccc2c1=O.[H-].[H-].[Na+].[Na+]. The molecule has 0 saturated heterocycles. The molecule has 0 saturated carbocycles. The van der Waals surface area contributed by atoms with E-state index in [1.807, 2.05) is 0 Å². The zero-order valence-electron chi connectivity index (χ0n) is 17.1. The first kappa shape index (κ1) is 25.5. The summed E-state index contributed by atoms with van der Waals surface area (Å²) in [6, 6.07) is 5.31. The zero-order chi connectivity index (χ0) is 18.7. The standard InChI is InChI=1S/C16H14N2O7.2Na.2H/c1-17(7-12(20)21)16(25)10-6-18(8-13(22)23)14-9(15(10)24)4-2-3-5-11(14)19;;;;/h2-6H,7-8H2,1H3,(H,20,21)(H,22,23);;;;/q;2*+1;2*-1. The van der Waals surface area contributed by atoms with E-state index in [1.54, 1.807) is 0 Å². The molecule has 0 atom stereocenters. The van der Waals surface area contributed by atoms with Crippen LogP contribution in [0.3, 0.4) is 0 Å². The minimum absolute atomic E-state index is 0. The molecule has 0 aliphatic carbocycles. The van der Waals surface area contributed by atoms with E-state index in [2.05, 4.69) is 0 Å². The van der Waals surface area contributed by atoms with Crippen LogP contribution in [-0.4, -0.2) is 51.1 Å². The van der Waals surface area contributed by atoms with Gasteiger partial charge >= 0.3 is 71.1 Å². The van der Waals surface area contributed by atoms with Gasteiger partial charge in [0.1, 0.15) is 24.2 Å². The Morgan fingerprint density at radius 2 is 1.67 bits per heavy atom. The summed E-state index contributed by atoms with van der Waals surface area (Å²) < 4.78 is 1.00. The van der Waals surface area contributed by atoms with Crippen LogP contribution in [0.15, 0.2) is 40.1 Å². The molecule has 134 valence electrons. The van der Waals surface area contributed by atoms with Gasteiger partial charge in [-0.25, -0.2) is 0 Å². The number of hydrogen-bond acceptors (Lipinski definition) is 5. The topological polar surface area (TPSA) is 134 Å². The first-order valence-electron chi connectivity index (χ1n) is 7.08. The Morgan fingerprint density at radius 3 is 2.22 bits per heavy atom. The van der Waals surface area contributed by atoms with Crippen molar-refractivity contribution >= 4 is 28.7 Å². The number of carboxylic acid groups (broad SMARTS) is 2. The predicted octanol–water partition coefficient (Wildman–Crippen LogP) is -6.16. The van der Waals surface area contributed by atoms with Crippen molar-refractivity contribution in [3.63, 3.8) is 0 Å². The van der Waals surface area contributed by atoms with Crippen molar-refractivity contribution in [1.29, 1.82) is 0 Å². The molecule has 1 aromatic carbocycles. The van der Waals surface area contributed by atoms with Crippen LogP contribution in [0.4, 0.5) is 0 Å². The second-order valence-corrected chi connectivity index (χ2v) is 5.29. The number of carbonyl (C=O) groups excluding carboxylic acids is 1. The molecule has 0 fully saturated rings. The number of carbonyl (C=O) groups is 3. The van der Waals surface area contributed by atoms with E-state index in [9.17, 15) is 24.0 Å². The quantitative estimate of drug-likeness (QED) is 0.482.